The molecule has 0 atom stereocenters. The number of Topliss-reactive ketones (excluding diaryl/α,β-unsaturated/α-hetero) is 1. The molecule has 5 rings (SSSR count). The lowest BCUT2D eigenvalue weighted by atomic mass is 9.31. The number of halogens is 7. The molecule has 0 heterocycles. The lowest BCUT2D eigenvalue weighted by Gasteiger charge is -2.72. The van der Waals surface area contributed by atoms with Gasteiger partial charge < -0.3 is 4.74 Å². The maximum Gasteiger partial charge on any atom is 0.422 e. The smallest absolute Gasteiger partial charge is 0.422 e. The maximum atomic E-state index is 14.9. The minimum atomic E-state index is -4.46. The molecule has 160 valence electrons. The van der Waals surface area contributed by atoms with E-state index in [1.807, 2.05) is 0 Å². The van der Waals surface area contributed by atoms with Crippen molar-refractivity contribution in [2.75, 3.05) is 6.61 Å². The third-order valence-electron chi connectivity index (χ3n) is 6.03. The third-order valence-corrected chi connectivity index (χ3v) is 6.26. The molecule has 0 aromatic heterocycles. The van der Waals surface area contributed by atoms with Crippen LogP contribution in [0.5, 0.6) is 5.75 Å². The van der Waals surface area contributed by atoms with Crippen molar-refractivity contribution in [3.63, 3.8) is 0 Å². The predicted molar refractivity (Wildman–Crippen MR) is 96.6 cm³/mol. The average Bonchev–Trinajstić information content (AvgIpc) is 2.57. The van der Waals surface area contributed by atoms with Crippen molar-refractivity contribution in [3.8, 4) is 5.75 Å². The lowest BCUT2D eigenvalue weighted by Crippen LogP contribution is -2.73. The van der Waals surface area contributed by atoms with Crippen LogP contribution in [0.25, 0.3) is 0 Å². The van der Waals surface area contributed by atoms with E-state index in [1.165, 1.54) is 18.2 Å². The quantitative estimate of drug-likeness (QED) is 0.379. The Morgan fingerprint density at radius 1 is 1.00 bits per heavy atom. The van der Waals surface area contributed by atoms with Gasteiger partial charge in [-0.15, -0.1) is 0 Å². The van der Waals surface area contributed by atoms with Gasteiger partial charge in [0, 0.05) is 10.4 Å². The highest BCUT2D eigenvalue weighted by Gasteiger charge is 2.79. The van der Waals surface area contributed by atoms with Crippen molar-refractivity contribution < 1.29 is 35.9 Å². The molecule has 2 aromatic rings. The van der Waals surface area contributed by atoms with Crippen LogP contribution in [-0.4, -0.2) is 24.5 Å². The van der Waals surface area contributed by atoms with E-state index in [0.717, 1.165) is 12.1 Å². The molecule has 0 amide bonds. The Bertz CT molecular complexity index is 980. The summed E-state index contributed by atoms with van der Waals surface area (Å²) in [5.74, 6) is -6.38. The molecule has 2 bridgehead atoms. The predicted octanol–water partition coefficient (Wildman–Crippen LogP) is 6.36. The molecule has 0 radical (unpaired) electrons. The number of alkyl halides is 5. The van der Waals surface area contributed by atoms with Crippen LogP contribution in [0.3, 0.4) is 0 Å². The number of rotatable bonds is 6. The van der Waals surface area contributed by atoms with Gasteiger partial charge in [-0.25, -0.2) is 4.39 Å². The molecule has 9 heteroatoms. The topological polar surface area (TPSA) is 26.3 Å². The van der Waals surface area contributed by atoms with E-state index in [1.54, 1.807) is 12.1 Å². The first kappa shape index (κ1) is 21.0. The van der Waals surface area contributed by atoms with Crippen molar-refractivity contribution in [1.82, 2.24) is 0 Å². The van der Waals surface area contributed by atoms with Gasteiger partial charge in [-0.1, -0.05) is 23.7 Å². The second-order valence-corrected chi connectivity index (χ2v) is 8.48. The van der Waals surface area contributed by atoms with Crippen molar-refractivity contribution in [1.29, 1.82) is 0 Å². The molecule has 3 saturated carbocycles. The zero-order valence-corrected chi connectivity index (χ0v) is 16.1. The standard InChI is InChI=1S/C21H15ClF6O2/c22-13-3-6-15(16(23)7-13)17(29)21(27,28)19-8-18(9-19,10-19)12-1-4-14(5-2-12)30-11-20(24,25)26/h1-7H,8-11H2. The molecule has 3 fully saturated rings. The van der Waals surface area contributed by atoms with E-state index < -0.39 is 46.7 Å². The van der Waals surface area contributed by atoms with Crippen LogP contribution in [0.15, 0.2) is 42.5 Å². The number of carbonyl (C=O) groups is 1. The summed E-state index contributed by atoms with van der Waals surface area (Å²) >= 11 is 5.61. The number of benzene rings is 2. The SMILES string of the molecule is O=C(c1ccc(Cl)cc1F)C(F)(F)C12CC(c3ccc(OCC(F)(F)F)cc3)(C1)C2. The fraction of sp³-hybridized carbons (Fsp3) is 0.381. The Morgan fingerprint density at radius 3 is 2.13 bits per heavy atom. The number of ketones is 1. The van der Waals surface area contributed by atoms with Crippen LogP contribution in [0, 0.1) is 11.2 Å². The molecule has 0 unspecified atom stereocenters. The number of carbonyl (C=O) groups excluding carboxylic acids is 1. The fourth-order valence-corrected chi connectivity index (χ4v) is 4.74. The van der Waals surface area contributed by atoms with Crippen LogP contribution in [-0.2, 0) is 5.41 Å². The molecule has 2 aromatic carbocycles. The lowest BCUT2D eigenvalue weighted by molar-refractivity contribution is -0.256. The third kappa shape index (κ3) is 3.25. The van der Waals surface area contributed by atoms with Gasteiger partial charge in [-0.05, 0) is 60.6 Å². The Morgan fingerprint density at radius 2 is 1.60 bits per heavy atom. The van der Waals surface area contributed by atoms with Crippen molar-refractivity contribution in [2.24, 2.45) is 5.41 Å². The van der Waals surface area contributed by atoms with E-state index in [2.05, 4.69) is 4.74 Å². The monoisotopic (exact) mass is 448 g/mol. The Labute approximate surface area is 172 Å². The maximum absolute atomic E-state index is 14.9. The molecular formula is C21H15ClF6O2. The number of hydrogen-bond donors (Lipinski definition) is 0. The van der Waals surface area contributed by atoms with Crippen LogP contribution in [0.1, 0.15) is 35.2 Å². The molecule has 2 nitrogen and oxygen atoms in total. The van der Waals surface area contributed by atoms with Crippen LogP contribution in [0.2, 0.25) is 5.02 Å². The van der Waals surface area contributed by atoms with Gasteiger partial charge in [-0.2, -0.15) is 22.0 Å². The number of hydrogen-bond acceptors (Lipinski definition) is 2. The zero-order valence-electron chi connectivity index (χ0n) is 15.3. The summed E-state index contributed by atoms with van der Waals surface area (Å²) in [6, 6.07) is 8.77. The van der Waals surface area contributed by atoms with Gasteiger partial charge >= 0.3 is 12.1 Å². The largest absolute Gasteiger partial charge is 0.484 e. The van der Waals surface area contributed by atoms with Crippen LogP contribution in [0.4, 0.5) is 26.3 Å². The van der Waals surface area contributed by atoms with E-state index >= 15 is 0 Å². The van der Waals surface area contributed by atoms with E-state index in [4.69, 9.17) is 11.6 Å². The summed E-state index contributed by atoms with van der Waals surface area (Å²) in [7, 11) is 0. The number of ether oxygens (including phenoxy) is 1. The van der Waals surface area contributed by atoms with Gasteiger partial charge in [0.05, 0.1) is 5.56 Å². The minimum absolute atomic E-state index is 0.000468. The minimum Gasteiger partial charge on any atom is -0.484 e. The summed E-state index contributed by atoms with van der Waals surface area (Å²) in [4.78, 5) is 12.4. The summed E-state index contributed by atoms with van der Waals surface area (Å²) < 4.78 is 85.1. The first-order valence-corrected chi connectivity index (χ1v) is 9.43. The first-order valence-electron chi connectivity index (χ1n) is 9.05. The van der Waals surface area contributed by atoms with Gasteiger partial charge in [0.25, 0.3) is 0 Å². The van der Waals surface area contributed by atoms with Crippen molar-refractivity contribution in [3.05, 3.63) is 64.4 Å². The van der Waals surface area contributed by atoms with E-state index in [9.17, 15) is 31.1 Å². The van der Waals surface area contributed by atoms with Gasteiger partial charge in [0.2, 0.25) is 5.78 Å². The molecule has 3 aliphatic rings. The molecule has 0 N–H and O–H groups in total. The van der Waals surface area contributed by atoms with Crippen molar-refractivity contribution in [2.45, 2.75) is 36.8 Å². The normalized spacial score (nSPS) is 25.3. The van der Waals surface area contributed by atoms with Crippen molar-refractivity contribution >= 4 is 17.4 Å². The summed E-state index contributed by atoms with van der Waals surface area (Å²) in [5, 5.41) is -0.000468. The summed E-state index contributed by atoms with van der Waals surface area (Å²) in [5.41, 5.74) is -2.09. The fourth-order valence-electron chi connectivity index (χ4n) is 4.58. The molecule has 0 aliphatic heterocycles. The molecule has 3 aliphatic carbocycles. The average molecular weight is 449 g/mol. The first-order chi connectivity index (χ1) is 13.9. The highest BCUT2D eigenvalue weighted by molar-refractivity contribution is 6.30. The van der Waals surface area contributed by atoms with Gasteiger partial charge in [-0.3, -0.25) is 4.79 Å². The van der Waals surface area contributed by atoms with Crippen LogP contribution >= 0.6 is 11.6 Å². The highest BCUT2D eigenvalue weighted by Crippen LogP contribution is 2.78. The van der Waals surface area contributed by atoms with Gasteiger partial charge in [0.1, 0.15) is 11.6 Å². The Hall–Kier alpha value is -2.22. The second kappa shape index (κ2) is 6.64. The molecule has 0 spiro atoms. The Kier molecular flexibility index (Phi) is 4.65. The molecule has 0 saturated heterocycles. The van der Waals surface area contributed by atoms with Crippen LogP contribution < -0.4 is 4.74 Å². The van der Waals surface area contributed by atoms with Gasteiger partial charge in [0.15, 0.2) is 6.61 Å². The highest BCUT2D eigenvalue weighted by atomic mass is 35.5. The molecular weight excluding hydrogens is 434 g/mol. The molecule has 30 heavy (non-hydrogen) atoms. The zero-order chi connectivity index (χ0) is 21.9. The van der Waals surface area contributed by atoms with E-state index in [-0.39, 0.29) is 30.0 Å². The van der Waals surface area contributed by atoms with E-state index in [0.29, 0.717) is 5.56 Å². The summed E-state index contributed by atoms with van der Waals surface area (Å²) in [6.07, 6.45) is -4.34. The Balaban J connectivity index is 1.45. The summed E-state index contributed by atoms with van der Waals surface area (Å²) in [6.45, 7) is -1.42. The second-order valence-electron chi connectivity index (χ2n) is 8.05.